The minimum absolute atomic E-state index is 0.268. The van der Waals surface area contributed by atoms with Crippen LogP contribution in [0.25, 0.3) is 0 Å². The molecule has 1 unspecified atom stereocenters. The standard InChI is InChI=1S/C18H18N2O4/c1-10-15(18(22)23-4)11(2)20-16(10)17(21)12(3)24-14-7-5-13(9-19)6-8-14/h5-8,12,20H,1-4H3. The van der Waals surface area contributed by atoms with Gasteiger partial charge in [-0.1, -0.05) is 0 Å². The van der Waals surface area contributed by atoms with E-state index < -0.39 is 12.1 Å². The van der Waals surface area contributed by atoms with E-state index in [1.807, 2.05) is 6.07 Å². The average Bonchev–Trinajstić information content (AvgIpc) is 2.88. The van der Waals surface area contributed by atoms with E-state index in [-0.39, 0.29) is 5.78 Å². The summed E-state index contributed by atoms with van der Waals surface area (Å²) in [4.78, 5) is 27.3. The molecule has 24 heavy (non-hydrogen) atoms. The van der Waals surface area contributed by atoms with E-state index in [1.54, 1.807) is 45.0 Å². The molecule has 0 radical (unpaired) electrons. The number of ether oxygens (including phenoxy) is 2. The van der Waals surface area contributed by atoms with E-state index >= 15 is 0 Å². The second-order valence-corrected chi connectivity index (χ2v) is 5.38. The fourth-order valence-corrected chi connectivity index (χ4v) is 2.47. The van der Waals surface area contributed by atoms with Crippen molar-refractivity contribution in [2.75, 3.05) is 7.11 Å². The van der Waals surface area contributed by atoms with Crippen LogP contribution < -0.4 is 4.74 Å². The lowest BCUT2D eigenvalue weighted by Crippen LogP contribution is -2.25. The molecule has 2 aromatic rings. The molecule has 0 bridgehead atoms. The van der Waals surface area contributed by atoms with Gasteiger partial charge in [0.05, 0.1) is 30.0 Å². The van der Waals surface area contributed by atoms with E-state index in [4.69, 9.17) is 14.7 Å². The lowest BCUT2D eigenvalue weighted by molar-refractivity contribution is 0.0599. The van der Waals surface area contributed by atoms with Crippen LogP contribution in [0.4, 0.5) is 0 Å². The number of nitrogens with zero attached hydrogens (tertiary/aromatic N) is 1. The molecule has 0 aliphatic rings. The molecule has 124 valence electrons. The van der Waals surface area contributed by atoms with E-state index in [2.05, 4.69) is 4.98 Å². The second kappa shape index (κ2) is 7.01. The smallest absolute Gasteiger partial charge is 0.339 e. The summed E-state index contributed by atoms with van der Waals surface area (Å²) in [6, 6.07) is 8.52. The Morgan fingerprint density at radius 3 is 2.38 bits per heavy atom. The van der Waals surface area contributed by atoms with Gasteiger partial charge in [-0.2, -0.15) is 5.26 Å². The minimum Gasteiger partial charge on any atom is -0.483 e. The van der Waals surface area contributed by atoms with Crippen LogP contribution in [0.2, 0.25) is 0 Å². The van der Waals surface area contributed by atoms with Crippen LogP contribution in [0.5, 0.6) is 5.75 Å². The fourth-order valence-electron chi connectivity index (χ4n) is 2.47. The van der Waals surface area contributed by atoms with Gasteiger partial charge in [-0.05, 0) is 50.6 Å². The van der Waals surface area contributed by atoms with Crippen LogP contribution in [-0.2, 0) is 4.74 Å². The van der Waals surface area contributed by atoms with E-state index in [0.29, 0.717) is 33.8 Å². The molecule has 1 N–H and O–H groups in total. The van der Waals surface area contributed by atoms with Gasteiger partial charge in [0.25, 0.3) is 0 Å². The highest BCUT2D eigenvalue weighted by Gasteiger charge is 2.26. The van der Waals surface area contributed by atoms with Crippen molar-refractivity contribution in [3.63, 3.8) is 0 Å². The number of hydrogen-bond donors (Lipinski definition) is 1. The van der Waals surface area contributed by atoms with Gasteiger partial charge >= 0.3 is 5.97 Å². The number of Topliss-reactive ketones (excluding diaryl/α,β-unsaturated/α-hetero) is 1. The van der Waals surface area contributed by atoms with Gasteiger partial charge in [0, 0.05) is 5.69 Å². The summed E-state index contributed by atoms with van der Waals surface area (Å²) in [5.41, 5.74) is 2.33. The number of benzene rings is 1. The van der Waals surface area contributed by atoms with Gasteiger partial charge in [0.2, 0.25) is 5.78 Å². The highest BCUT2D eigenvalue weighted by molar-refractivity contribution is 6.03. The normalized spacial score (nSPS) is 11.5. The molecule has 1 aromatic heterocycles. The second-order valence-electron chi connectivity index (χ2n) is 5.38. The first-order chi connectivity index (χ1) is 11.4. The van der Waals surface area contributed by atoms with Crippen molar-refractivity contribution in [3.8, 4) is 11.8 Å². The third-order valence-electron chi connectivity index (χ3n) is 3.74. The first kappa shape index (κ1) is 17.3. The summed E-state index contributed by atoms with van der Waals surface area (Å²) in [5.74, 6) is -0.264. The topological polar surface area (TPSA) is 92.2 Å². The number of aromatic amines is 1. The number of aromatic nitrogens is 1. The number of carbonyl (C=O) groups excluding carboxylic acids is 2. The van der Waals surface area contributed by atoms with Crippen LogP contribution >= 0.6 is 0 Å². The van der Waals surface area contributed by atoms with E-state index in [9.17, 15) is 9.59 Å². The SMILES string of the molecule is COC(=O)c1c(C)[nH]c(C(=O)C(C)Oc2ccc(C#N)cc2)c1C. The molecule has 1 atom stereocenters. The highest BCUT2D eigenvalue weighted by Crippen LogP contribution is 2.22. The molecule has 6 nitrogen and oxygen atoms in total. The average molecular weight is 326 g/mol. The van der Waals surface area contributed by atoms with Gasteiger partial charge in [-0.25, -0.2) is 4.79 Å². The van der Waals surface area contributed by atoms with Crippen molar-refractivity contribution in [2.45, 2.75) is 26.9 Å². The van der Waals surface area contributed by atoms with E-state index in [0.717, 1.165) is 0 Å². The summed E-state index contributed by atoms with van der Waals surface area (Å²) in [6.07, 6.45) is -0.750. The monoisotopic (exact) mass is 326 g/mol. The number of aryl methyl sites for hydroxylation is 1. The maximum atomic E-state index is 12.6. The molecule has 0 spiro atoms. The van der Waals surface area contributed by atoms with Gasteiger partial charge in [0.1, 0.15) is 5.75 Å². The predicted octanol–water partition coefficient (Wildman–Crippen LogP) is 2.94. The van der Waals surface area contributed by atoms with Crippen molar-refractivity contribution in [3.05, 3.63) is 52.3 Å². The Bertz CT molecular complexity index is 813. The predicted molar refractivity (Wildman–Crippen MR) is 87.2 cm³/mol. The zero-order valence-electron chi connectivity index (χ0n) is 14.0. The summed E-state index contributed by atoms with van der Waals surface area (Å²) >= 11 is 0. The summed E-state index contributed by atoms with van der Waals surface area (Å²) in [6.45, 7) is 5.04. The molecule has 1 heterocycles. The Morgan fingerprint density at radius 2 is 1.83 bits per heavy atom. The maximum Gasteiger partial charge on any atom is 0.339 e. The van der Waals surface area contributed by atoms with Crippen molar-refractivity contribution >= 4 is 11.8 Å². The lowest BCUT2D eigenvalue weighted by Gasteiger charge is -2.13. The molecule has 0 fully saturated rings. The molecular formula is C18H18N2O4. The van der Waals surface area contributed by atoms with Crippen LogP contribution in [0, 0.1) is 25.2 Å². The first-order valence-electron chi connectivity index (χ1n) is 7.37. The highest BCUT2D eigenvalue weighted by atomic mass is 16.5. The number of rotatable bonds is 5. The molecule has 0 saturated heterocycles. The zero-order chi connectivity index (χ0) is 17.9. The molecule has 1 aromatic carbocycles. The molecule has 2 rings (SSSR count). The van der Waals surface area contributed by atoms with E-state index in [1.165, 1.54) is 7.11 Å². The van der Waals surface area contributed by atoms with Gasteiger partial charge in [-0.15, -0.1) is 0 Å². The third-order valence-corrected chi connectivity index (χ3v) is 3.74. The minimum atomic E-state index is -0.750. The van der Waals surface area contributed by atoms with Gasteiger partial charge in [-0.3, -0.25) is 4.79 Å². The van der Waals surface area contributed by atoms with Crippen LogP contribution in [-0.4, -0.2) is 30.0 Å². The number of nitriles is 1. The Balaban J connectivity index is 2.22. The molecule has 0 aliphatic carbocycles. The Kier molecular flexibility index (Phi) is 5.05. The van der Waals surface area contributed by atoms with Crippen molar-refractivity contribution in [1.29, 1.82) is 5.26 Å². The van der Waals surface area contributed by atoms with Gasteiger partial charge in [0.15, 0.2) is 6.10 Å². The number of carbonyl (C=O) groups is 2. The number of methoxy groups -OCH3 is 1. The number of nitrogens with one attached hydrogen (secondary N) is 1. The molecule has 6 heteroatoms. The van der Waals surface area contributed by atoms with Crippen LogP contribution in [0.3, 0.4) is 0 Å². The Hall–Kier alpha value is -3.07. The number of H-pyrrole nitrogens is 1. The van der Waals surface area contributed by atoms with Crippen molar-refractivity contribution in [1.82, 2.24) is 4.98 Å². The third kappa shape index (κ3) is 3.30. The Morgan fingerprint density at radius 1 is 1.21 bits per heavy atom. The van der Waals surface area contributed by atoms with Crippen LogP contribution in [0.15, 0.2) is 24.3 Å². The van der Waals surface area contributed by atoms with Crippen molar-refractivity contribution in [2.24, 2.45) is 0 Å². The zero-order valence-corrected chi connectivity index (χ0v) is 14.0. The van der Waals surface area contributed by atoms with Gasteiger partial charge < -0.3 is 14.5 Å². The molecule has 0 aliphatic heterocycles. The Labute approximate surface area is 140 Å². The maximum absolute atomic E-state index is 12.6. The largest absolute Gasteiger partial charge is 0.483 e. The fraction of sp³-hybridized carbons (Fsp3) is 0.278. The van der Waals surface area contributed by atoms with Crippen molar-refractivity contribution < 1.29 is 19.1 Å². The number of esters is 1. The summed E-state index contributed by atoms with van der Waals surface area (Å²) < 4.78 is 10.4. The molecular weight excluding hydrogens is 308 g/mol. The lowest BCUT2D eigenvalue weighted by atomic mass is 10.1. The first-order valence-corrected chi connectivity index (χ1v) is 7.37. The van der Waals surface area contributed by atoms with Crippen LogP contribution in [0.1, 0.15) is 44.6 Å². The number of hydrogen-bond acceptors (Lipinski definition) is 5. The summed E-state index contributed by atoms with van der Waals surface area (Å²) in [7, 11) is 1.30. The summed E-state index contributed by atoms with van der Waals surface area (Å²) in [5, 5.41) is 8.78. The molecule has 0 saturated carbocycles. The quantitative estimate of drug-likeness (QED) is 0.673. The molecule has 0 amide bonds. The number of ketones is 1.